The minimum atomic E-state index is -0.0369. The molecule has 2 heterocycles. The normalized spacial score (nSPS) is 12.4. The first-order chi connectivity index (χ1) is 9.49. The Hall–Kier alpha value is -2.11. The van der Waals surface area contributed by atoms with Crippen LogP contribution in [0.1, 0.15) is 42.2 Å². The average Bonchev–Trinajstić information content (AvgIpc) is 2.93. The van der Waals surface area contributed by atoms with Gasteiger partial charge < -0.3 is 9.88 Å². The van der Waals surface area contributed by atoms with Crippen molar-refractivity contribution < 1.29 is 4.79 Å². The van der Waals surface area contributed by atoms with Crippen LogP contribution in [0.4, 0.5) is 0 Å². The highest BCUT2D eigenvalue weighted by Gasteiger charge is 2.16. The Bertz CT molecular complexity index is 579. The fourth-order valence-electron chi connectivity index (χ4n) is 2.45. The van der Waals surface area contributed by atoms with Gasteiger partial charge in [-0.1, -0.05) is 0 Å². The zero-order chi connectivity index (χ0) is 14.7. The van der Waals surface area contributed by atoms with Crippen molar-refractivity contribution in [1.82, 2.24) is 25.1 Å². The van der Waals surface area contributed by atoms with E-state index >= 15 is 0 Å². The summed E-state index contributed by atoms with van der Waals surface area (Å²) in [5, 5.41) is 10.1. The van der Waals surface area contributed by atoms with Crippen LogP contribution < -0.4 is 5.32 Å². The molecule has 0 aliphatic rings. The lowest BCUT2D eigenvalue weighted by atomic mass is 10.1. The molecule has 1 amide bonds. The summed E-state index contributed by atoms with van der Waals surface area (Å²) in [5.74, 6) is 0.956. The van der Waals surface area contributed by atoms with Crippen molar-refractivity contribution in [2.45, 2.75) is 46.7 Å². The first-order valence-corrected chi connectivity index (χ1v) is 6.77. The van der Waals surface area contributed by atoms with Gasteiger partial charge in [-0.05, 0) is 27.7 Å². The number of aromatic nitrogens is 4. The molecule has 0 saturated heterocycles. The van der Waals surface area contributed by atoms with Crippen LogP contribution in [-0.2, 0) is 11.3 Å². The summed E-state index contributed by atoms with van der Waals surface area (Å²) in [4.78, 5) is 16.1. The smallest absolute Gasteiger partial charge is 0.222 e. The maximum Gasteiger partial charge on any atom is 0.222 e. The Morgan fingerprint density at radius 2 is 2.20 bits per heavy atom. The summed E-state index contributed by atoms with van der Waals surface area (Å²) in [6, 6.07) is -0.0369. The first-order valence-electron chi connectivity index (χ1n) is 6.77. The summed E-state index contributed by atoms with van der Waals surface area (Å²) in [7, 11) is 0. The SMILES string of the molecule is Cc1n[nH]c(C)c1[C@@H](C)NC(=O)CCn1ccnc1C. The Kier molecular flexibility index (Phi) is 4.22. The van der Waals surface area contributed by atoms with E-state index in [1.54, 1.807) is 6.20 Å². The van der Waals surface area contributed by atoms with Crippen LogP contribution >= 0.6 is 0 Å². The fourth-order valence-corrected chi connectivity index (χ4v) is 2.45. The Labute approximate surface area is 118 Å². The molecule has 0 aliphatic carbocycles. The molecule has 20 heavy (non-hydrogen) atoms. The van der Waals surface area contributed by atoms with Gasteiger partial charge in [-0.25, -0.2) is 4.98 Å². The molecule has 0 aliphatic heterocycles. The zero-order valence-electron chi connectivity index (χ0n) is 12.4. The summed E-state index contributed by atoms with van der Waals surface area (Å²) >= 11 is 0. The van der Waals surface area contributed by atoms with E-state index in [9.17, 15) is 4.79 Å². The number of carbonyl (C=O) groups excluding carboxylic acids is 1. The number of rotatable bonds is 5. The van der Waals surface area contributed by atoms with Crippen LogP contribution in [0.15, 0.2) is 12.4 Å². The fraction of sp³-hybridized carbons (Fsp3) is 0.500. The number of amides is 1. The molecule has 0 bridgehead atoms. The van der Waals surface area contributed by atoms with E-state index in [1.165, 1.54) is 0 Å². The van der Waals surface area contributed by atoms with Crippen molar-refractivity contribution in [2.24, 2.45) is 0 Å². The molecule has 0 radical (unpaired) electrons. The second kappa shape index (κ2) is 5.90. The molecule has 0 fully saturated rings. The molecule has 2 N–H and O–H groups in total. The number of nitrogens with zero attached hydrogens (tertiary/aromatic N) is 3. The number of hydrogen-bond donors (Lipinski definition) is 2. The lowest BCUT2D eigenvalue weighted by Gasteiger charge is -2.15. The topological polar surface area (TPSA) is 75.6 Å². The molecule has 2 rings (SSSR count). The molecule has 108 valence electrons. The molecular formula is C14H21N5O. The predicted molar refractivity (Wildman–Crippen MR) is 76.2 cm³/mol. The highest BCUT2D eigenvalue weighted by molar-refractivity contribution is 5.76. The summed E-state index contributed by atoms with van der Waals surface area (Å²) in [6.45, 7) is 8.46. The van der Waals surface area contributed by atoms with E-state index in [-0.39, 0.29) is 11.9 Å². The van der Waals surface area contributed by atoms with Gasteiger partial charge >= 0.3 is 0 Å². The minimum absolute atomic E-state index is 0.0330. The van der Waals surface area contributed by atoms with Crippen LogP contribution in [-0.4, -0.2) is 25.7 Å². The minimum Gasteiger partial charge on any atom is -0.349 e. The Morgan fingerprint density at radius 3 is 2.75 bits per heavy atom. The molecule has 0 unspecified atom stereocenters. The predicted octanol–water partition coefficient (Wildman–Crippen LogP) is 1.80. The number of imidazole rings is 1. The lowest BCUT2D eigenvalue weighted by molar-refractivity contribution is -0.121. The van der Waals surface area contributed by atoms with Gasteiger partial charge in [-0.2, -0.15) is 5.10 Å². The number of nitrogens with one attached hydrogen (secondary N) is 2. The summed E-state index contributed by atoms with van der Waals surface area (Å²) in [6.07, 6.45) is 4.07. The molecule has 0 spiro atoms. The van der Waals surface area contributed by atoms with Gasteiger partial charge in [0, 0.05) is 36.6 Å². The average molecular weight is 275 g/mol. The molecule has 1 atom stereocenters. The quantitative estimate of drug-likeness (QED) is 0.873. The van der Waals surface area contributed by atoms with Crippen LogP contribution in [0.5, 0.6) is 0 Å². The third-order valence-electron chi connectivity index (χ3n) is 3.50. The van der Waals surface area contributed by atoms with E-state index in [4.69, 9.17) is 0 Å². The van der Waals surface area contributed by atoms with Crippen molar-refractivity contribution in [1.29, 1.82) is 0 Å². The lowest BCUT2D eigenvalue weighted by Crippen LogP contribution is -2.28. The highest BCUT2D eigenvalue weighted by atomic mass is 16.1. The van der Waals surface area contributed by atoms with Gasteiger partial charge in [0.2, 0.25) is 5.91 Å². The molecule has 0 saturated carbocycles. The maximum atomic E-state index is 12.0. The van der Waals surface area contributed by atoms with Crippen molar-refractivity contribution in [3.8, 4) is 0 Å². The number of carbonyl (C=O) groups is 1. The Balaban J connectivity index is 1.90. The van der Waals surface area contributed by atoms with Gasteiger partial charge in [0.05, 0.1) is 11.7 Å². The molecule has 2 aromatic heterocycles. The molecule has 6 heteroatoms. The van der Waals surface area contributed by atoms with E-state index in [1.807, 2.05) is 38.5 Å². The van der Waals surface area contributed by atoms with E-state index in [0.29, 0.717) is 13.0 Å². The van der Waals surface area contributed by atoms with E-state index in [2.05, 4.69) is 20.5 Å². The van der Waals surface area contributed by atoms with Crippen LogP contribution in [0.3, 0.4) is 0 Å². The zero-order valence-corrected chi connectivity index (χ0v) is 12.4. The van der Waals surface area contributed by atoms with Crippen molar-refractivity contribution in [2.75, 3.05) is 0 Å². The number of aryl methyl sites for hydroxylation is 4. The maximum absolute atomic E-state index is 12.0. The molecule has 2 aromatic rings. The third-order valence-corrected chi connectivity index (χ3v) is 3.50. The monoisotopic (exact) mass is 275 g/mol. The second-order valence-corrected chi connectivity index (χ2v) is 5.05. The van der Waals surface area contributed by atoms with Gasteiger partial charge in [-0.15, -0.1) is 0 Å². The highest BCUT2D eigenvalue weighted by Crippen LogP contribution is 2.18. The van der Waals surface area contributed by atoms with Gasteiger partial charge in [0.25, 0.3) is 0 Å². The standard InChI is InChI=1S/C14H21N5O/c1-9(14-10(2)17-18-11(14)3)16-13(20)5-7-19-8-6-15-12(19)4/h6,8-9H,5,7H2,1-4H3,(H,16,20)(H,17,18)/t9-/m1/s1. The number of aromatic amines is 1. The third kappa shape index (κ3) is 3.07. The van der Waals surface area contributed by atoms with Crippen LogP contribution in [0.2, 0.25) is 0 Å². The number of hydrogen-bond acceptors (Lipinski definition) is 3. The van der Waals surface area contributed by atoms with Crippen LogP contribution in [0.25, 0.3) is 0 Å². The van der Waals surface area contributed by atoms with Crippen molar-refractivity contribution in [3.63, 3.8) is 0 Å². The molecular weight excluding hydrogens is 254 g/mol. The molecule has 6 nitrogen and oxygen atoms in total. The van der Waals surface area contributed by atoms with Crippen molar-refractivity contribution >= 4 is 5.91 Å². The van der Waals surface area contributed by atoms with E-state index < -0.39 is 0 Å². The van der Waals surface area contributed by atoms with Crippen LogP contribution in [0, 0.1) is 20.8 Å². The molecule has 0 aromatic carbocycles. The van der Waals surface area contributed by atoms with Gasteiger partial charge in [-0.3, -0.25) is 9.89 Å². The summed E-state index contributed by atoms with van der Waals surface area (Å²) < 4.78 is 1.97. The largest absolute Gasteiger partial charge is 0.349 e. The Morgan fingerprint density at radius 1 is 1.45 bits per heavy atom. The van der Waals surface area contributed by atoms with Gasteiger partial charge in [0.15, 0.2) is 0 Å². The van der Waals surface area contributed by atoms with Gasteiger partial charge in [0.1, 0.15) is 5.82 Å². The first kappa shape index (κ1) is 14.3. The van der Waals surface area contributed by atoms with Crippen molar-refractivity contribution in [3.05, 3.63) is 35.2 Å². The number of H-pyrrole nitrogens is 1. The van der Waals surface area contributed by atoms with E-state index in [0.717, 1.165) is 22.8 Å². The summed E-state index contributed by atoms with van der Waals surface area (Å²) in [5.41, 5.74) is 3.00. The second-order valence-electron chi connectivity index (χ2n) is 5.05.